The van der Waals surface area contributed by atoms with Gasteiger partial charge in [0.25, 0.3) is 0 Å². The Morgan fingerprint density at radius 1 is 1.13 bits per heavy atom. The Morgan fingerprint density at radius 2 is 1.87 bits per heavy atom. The van der Waals surface area contributed by atoms with Crippen molar-refractivity contribution in [2.75, 3.05) is 0 Å². The van der Waals surface area contributed by atoms with Gasteiger partial charge in [-0.25, -0.2) is 0 Å². The summed E-state index contributed by atoms with van der Waals surface area (Å²) in [5, 5.41) is 21.9. The number of hydrogen-bond donors (Lipinski definition) is 2. The molecule has 0 aromatic rings. The third-order valence-electron chi connectivity index (χ3n) is 8.13. The molecule has 4 aliphatic carbocycles. The van der Waals surface area contributed by atoms with Gasteiger partial charge in [0, 0.05) is 24.7 Å². The van der Waals surface area contributed by atoms with Crippen LogP contribution in [0.15, 0.2) is 0 Å². The van der Waals surface area contributed by atoms with Crippen molar-refractivity contribution in [3.8, 4) is 0 Å². The number of aliphatic hydroxyl groups excluding tert-OH is 1. The summed E-state index contributed by atoms with van der Waals surface area (Å²) in [7, 11) is 0. The number of fused-ring (bicyclic) bond motifs is 5. The lowest BCUT2D eigenvalue weighted by molar-refractivity contribution is -0.220. The van der Waals surface area contributed by atoms with Crippen molar-refractivity contribution >= 4 is 11.6 Å². The standard InChI is InChI=1S/C19H28O4/c1-17-9-13(21)8-15(17)14-4-3-11-7-12(20)5-6-18(11,2)19(14,23)16(22)10-17/h11,13-15,21,23H,3-10H2,1-2H3/t11-,13-,14-,15-,17-,18-,19-/m0/s1. The fourth-order valence-electron chi connectivity index (χ4n) is 6.86. The minimum absolute atomic E-state index is 0.0306. The minimum atomic E-state index is -1.30. The molecule has 4 fully saturated rings. The molecule has 0 heterocycles. The van der Waals surface area contributed by atoms with Gasteiger partial charge in [0.05, 0.1) is 6.10 Å². The second kappa shape index (κ2) is 4.66. The quantitative estimate of drug-likeness (QED) is 0.718. The first-order valence-electron chi connectivity index (χ1n) is 9.16. The molecule has 4 aliphatic rings. The van der Waals surface area contributed by atoms with Crippen LogP contribution in [-0.4, -0.2) is 33.5 Å². The lowest BCUT2D eigenvalue weighted by Gasteiger charge is -2.63. The van der Waals surface area contributed by atoms with Crippen LogP contribution in [0.4, 0.5) is 0 Å². The molecule has 0 aliphatic heterocycles. The Kier molecular flexibility index (Phi) is 3.20. The molecule has 23 heavy (non-hydrogen) atoms. The van der Waals surface area contributed by atoms with E-state index < -0.39 is 11.0 Å². The highest BCUT2D eigenvalue weighted by molar-refractivity contribution is 5.91. The normalized spacial score (nSPS) is 56.0. The van der Waals surface area contributed by atoms with Crippen LogP contribution in [0.25, 0.3) is 0 Å². The summed E-state index contributed by atoms with van der Waals surface area (Å²) in [5.74, 6) is 0.538. The minimum Gasteiger partial charge on any atom is -0.393 e. The molecule has 0 aromatic carbocycles. The fraction of sp³-hybridized carbons (Fsp3) is 0.895. The number of Topliss-reactive ketones (excluding diaryl/α,β-unsaturated/α-hetero) is 2. The highest BCUT2D eigenvalue weighted by Crippen LogP contribution is 2.66. The zero-order valence-electron chi connectivity index (χ0n) is 14.2. The molecule has 0 aromatic heterocycles. The number of rotatable bonds is 0. The van der Waals surface area contributed by atoms with Crippen LogP contribution in [0.2, 0.25) is 0 Å². The van der Waals surface area contributed by atoms with Gasteiger partial charge in [-0.1, -0.05) is 13.8 Å². The van der Waals surface area contributed by atoms with E-state index in [0.717, 1.165) is 12.8 Å². The maximum atomic E-state index is 13.1. The third-order valence-corrected chi connectivity index (χ3v) is 8.13. The Hall–Kier alpha value is -0.740. The SMILES string of the molecule is C[C@]12CC(=O)[C@@]3(O)[C@@H](CC[C@H]4CC(=O)CC[C@@]43C)[C@@H]1C[C@H](O)C2. The van der Waals surface area contributed by atoms with Gasteiger partial charge in [-0.15, -0.1) is 0 Å². The summed E-state index contributed by atoms with van der Waals surface area (Å²) < 4.78 is 0. The van der Waals surface area contributed by atoms with Gasteiger partial charge in [-0.05, 0) is 55.3 Å². The largest absolute Gasteiger partial charge is 0.393 e. The average molecular weight is 320 g/mol. The Morgan fingerprint density at radius 3 is 2.61 bits per heavy atom. The molecule has 4 rings (SSSR count). The first kappa shape index (κ1) is 15.8. The van der Waals surface area contributed by atoms with Crippen molar-refractivity contribution in [1.82, 2.24) is 0 Å². The highest BCUT2D eigenvalue weighted by Gasteiger charge is 2.69. The second-order valence-electron chi connectivity index (χ2n) is 9.26. The maximum Gasteiger partial charge on any atom is 0.165 e. The molecule has 0 radical (unpaired) electrons. The van der Waals surface area contributed by atoms with Crippen LogP contribution in [0.3, 0.4) is 0 Å². The van der Waals surface area contributed by atoms with Crippen molar-refractivity contribution in [2.24, 2.45) is 28.6 Å². The molecule has 0 unspecified atom stereocenters. The summed E-state index contributed by atoms with van der Waals surface area (Å²) in [6.45, 7) is 4.16. The zero-order valence-corrected chi connectivity index (χ0v) is 14.2. The Bertz CT molecular complexity index is 572. The Balaban J connectivity index is 1.77. The van der Waals surface area contributed by atoms with Gasteiger partial charge in [-0.2, -0.15) is 0 Å². The molecule has 0 amide bonds. The number of carbonyl (C=O) groups is 2. The average Bonchev–Trinajstić information content (AvgIpc) is 2.76. The summed E-state index contributed by atoms with van der Waals surface area (Å²) in [6.07, 6.45) is 4.76. The predicted octanol–water partition coefficient (Wildman–Crippen LogP) is 2.25. The van der Waals surface area contributed by atoms with Crippen LogP contribution < -0.4 is 0 Å². The van der Waals surface area contributed by atoms with Gasteiger partial charge in [0.2, 0.25) is 0 Å². The summed E-state index contributed by atoms with van der Waals surface area (Å²) >= 11 is 0. The van der Waals surface area contributed by atoms with E-state index in [1.54, 1.807) is 0 Å². The third kappa shape index (κ3) is 1.85. The monoisotopic (exact) mass is 320 g/mol. The van der Waals surface area contributed by atoms with E-state index in [1.165, 1.54) is 0 Å². The number of ketones is 2. The highest BCUT2D eigenvalue weighted by atomic mass is 16.3. The molecule has 2 N–H and O–H groups in total. The molecule has 0 bridgehead atoms. The Labute approximate surface area is 137 Å². The van der Waals surface area contributed by atoms with Gasteiger partial charge >= 0.3 is 0 Å². The van der Waals surface area contributed by atoms with E-state index in [0.29, 0.717) is 38.5 Å². The van der Waals surface area contributed by atoms with Gasteiger partial charge in [-0.3, -0.25) is 9.59 Å². The van der Waals surface area contributed by atoms with E-state index >= 15 is 0 Å². The van der Waals surface area contributed by atoms with Crippen LogP contribution in [-0.2, 0) is 9.59 Å². The van der Waals surface area contributed by atoms with Crippen molar-refractivity contribution in [1.29, 1.82) is 0 Å². The number of carbonyl (C=O) groups excluding carboxylic acids is 2. The first-order valence-corrected chi connectivity index (χ1v) is 9.16. The van der Waals surface area contributed by atoms with Crippen molar-refractivity contribution in [3.05, 3.63) is 0 Å². The second-order valence-corrected chi connectivity index (χ2v) is 9.26. The van der Waals surface area contributed by atoms with Crippen molar-refractivity contribution < 1.29 is 19.8 Å². The maximum absolute atomic E-state index is 13.1. The van der Waals surface area contributed by atoms with Crippen LogP contribution in [0.5, 0.6) is 0 Å². The number of aliphatic hydroxyl groups is 2. The van der Waals surface area contributed by atoms with Crippen molar-refractivity contribution in [3.63, 3.8) is 0 Å². The molecule has 128 valence electrons. The van der Waals surface area contributed by atoms with Gasteiger partial charge in [0.1, 0.15) is 11.4 Å². The molecule has 4 saturated carbocycles. The molecule has 0 saturated heterocycles. The molecule has 4 nitrogen and oxygen atoms in total. The summed E-state index contributed by atoms with van der Waals surface area (Å²) in [4.78, 5) is 25.0. The van der Waals surface area contributed by atoms with E-state index in [1.807, 2.05) is 6.92 Å². The molecule has 7 atom stereocenters. The van der Waals surface area contributed by atoms with E-state index in [4.69, 9.17) is 0 Å². The number of hydrogen-bond acceptors (Lipinski definition) is 4. The fourth-order valence-corrected chi connectivity index (χ4v) is 6.86. The molecule has 4 heteroatoms. The van der Waals surface area contributed by atoms with Gasteiger partial charge in [0.15, 0.2) is 5.78 Å². The molecular formula is C19H28O4. The molecule has 0 spiro atoms. The summed E-state index contributed by atoms with van der Waals surface area (Å²) in [6, 6.07) is 0. The van der Waals surface area contributed by atoms with Gasteiger partial charge < -0.3 is 10.2 Å². The smallest absolute Gasteiger partial charge is 0.165 e. The lowest BCUT2D eigenvalue weighted by atomic mass is 9.42. The summed E-state index contributed by atoms with van der Waals surface area (Å²) in [5.41, 5.74) is -1.94. The van der Waals surface area contributed by atoms with E-state index in [2.05, 4.69) is 6.92 Å². The zero-order chi connectivity index (χ0) is 16.6. The van der Waals surface area contributed by atoms with E-state index in [-0.39, 0.29) is 40.8 Å². The first-order chi connectivity index (χ1) is 10.7. The topological polar surface area (TPSA) is 74.6 Å². The van der Waals surface area contributed by atoms with E-state index in [9.17, 15) is 19.8 Å². The lowest BCUT2D eigenvalue weighted by Crippen LogP contribution is -2.69. The van der Waals surface area contributed by atoms with Crippen LogP contribution in [0.1, 0.15) is 65.2 Å². The molecular weight excluding hydrogens is 292 g/mol. The predicted molar refractivity (Wildman–Crippen MR) is 84.6 cm³/mol. The van der Waals surface area contributed by atoms with Crippen LogP contribution >= 0.6 is 0 Å². The van der Waals surface area contributed by atoms with Crippen LogP contribution in [0, 0.1) is 28.6 Å². The van der Waals surface area contributed by atoms with Crippen molar-refractivity contribution in [2.45, 2.75) is 76.9 Å².